The van der Waals surface area contributed by atoms with Crippen molar-refractivity contribution in [1.29, 1.82) is 0 Å². The van der Waals surface area contributed by atoms with Crippen LogP contribution in [0, 0.1) is 5.92 Å². The molecule has 0 bridgehead atoms. The number of hydrogen-bond donors (Lipinski definition) is 0. The minimum absolute atomic E-state index is 0.0239. The van der Waals surface area contributed by atoms with Crippen LogP contribution in [0.25, 0.3) is 0 Å². The van der Waals surface area contributed by atoms with Crippen molar-refractivity contribution < 1.29 is 19.1 Å². The summed E-state index contributed by atoms with van der Waals surface area (Å²) in [7, 11) is 0. The number of benzene rings is 2. The van der Waals surface area contributed by atoms with Crippen LogP contribution in [-0.2, 0) is 9.59 Å². The Morgan fingerprint density at radius 3 is 1.93 bits per heavy atom. The van der Waals surface area contributed by atoms with Gasteiger partial charge >= 0.3 is 0 Å². The molecule has 0 unspecified atom stereocenters. The summed E-state index contributed by atoms with van der Waals surface area (Å²) in [5.74, 6) is -0.143. The Morgan fingerprint density at radius 1 is 0.963 bits per heavy atom. The van der Waals surface area contributed by atoms with Gasteiger partial charge in [0.1, 0.15) is 11.5 Å². The maximum Gasteiger partial charge on any atom is 0.193 e. The van der Waals surface area contributed by atoms with Gasteiger partial charge in [0, 0.05) is 28.5 Å². The number of ether oxygens (including phenoxy) is 1. The number of Topliss-reactive ketones (excluding diaryl/α,β-unsaturated/α-hetero) is 2. The minimum Gasteiger partial charge on any atom is -0.480 e. The van der Waals surface area contributed by atoms with Crippen molar-refractivity contribution in [3.8, 4) is 5.75 Å². The Bertz CT molecular complexity index is 836. The molecule has 4 nitrogen and oxygen atoms in total. The van der Waals surface area contributed by atoms with Gasteiger partial charge in [-0.05, 0) is 69.3 Å². The van der Waals surface area contributed by atoms with Gasteiger partial charge in [-0.15, -0.1) is 0 Å². The molecule has 1 atom stereocenters. The first-order chi connectivity index (χ1) is 12.6. The van der Waals surface area contributed by atoms with E-state index in [2.05, 4.69) is 0 Å². The van der Waals surface area contributed by atoms with Crippen molar-refractivity contribution >= 4 is 29.0 Å². The molecule has 0 radical (unpaired) electrons. The van der Waals surface area contributed by atoms with E-state index < -0.39 is 5.60 Å². The highest BCUT2D eigenvalue weighted by Gasteiger charge is 2.31. The Balaban J connectivity index is 2.08. The summed E-state index contributed by atoms with van der Waals surface area (Å²) in [4.78, 5) is 36.3. The van der Waals surface area contributed by atoms with Gasteiger partial charge in [-0.25, -0.2) is 0 Å². The lowest BCUT2D eigenvalue weighted by molar-refractivity contribution is -0.135. The molecule has 0 aromatic heterocycles. The molecule has 0 aliphatic carbocycles. The third-order valence-electron chi connectivity index (χ3n) is 4.45. The van der Waals surface area contributed by atoms with E-state index in [1.807, 2.05) is 0 Å². The van der Waals surface area contributed by atoms with Crippen molar-refractivity contribution in [1.82, 2.24) is 0 Å². The molecule has 0 amide bonds. The van der Waals surface area contributed by atoms with Gasteiger partial charge in [-0.1, -0.05) is 18.5 Å². The second-order valence-corrected chi connectivity index (χ2v) is 7.55. The predicted octanol–water partition coefficient (Wildman–Crippen LogP) is 4.91. The maximum atomic E-state index is 12.5. The molecule has 27 heavy (non-hydrogen) atoms. The Morgan fingerprint density at radius 2 is 1.44 bits per heavy atom. The van der Waals surface area contributed by atoms with Crippen molar-refractivity contribution in [2.45, 2.75) is 39.7 Å². The number of carbonyl (C=O) groups is 3. The van der Waals surface area contributed by atoms with Gasteiger partial charge in [-0.3, -0.25) is 14.4 Å². The van der Waals surface area contributed by atoms with Crippen LogP contribution < -0.4 is 4.74 Å². The lowest BCUT2D eigenvalue weighted by Gasteiger charge is -2.26. The normalized spacial score (nSPS) is 12.3. The third-order valence-corrected chi connectivity index (χ3v) is 4.70. The van der Waals surface area contributed by atoms with Gasteiger partial charge in [0.25, 0.3) is 0 Å². The molecule has 142 valence electrons. The average Bonchev–Trinajstić information content (AvgIpc) is 2.62. The van der Waals surface area contributed by atoms with Crippen LogP contribution in [0.2, 0.25) is 5.02 Å². The Labute approximate surface area is 164 Å². The fraction of sp³-hybridized carbons (Fsp3) is 0.318. The highest BCUT2D eigenvalue weighted by atomic mass is 35.5. The van der Waals surface area contributed by atoms with Crippen molar-refractivity contribution in [2.75, 3.05) is 0 Å². The van der Waals surface area contributed by atoms with Crippen LogP contribution >= 0.6 is 11.6 Å². The molecule has 0 heterocycles. The van der Waals surface area contributed by atoms with Crippen molar-refractivity contribution in [3.05, 3.63) is 64.7 Å². The van der Waals surface area contributed by atoms with E-state index in [0.29, 0.717) is 21.9 Å². The van der Waals surface area contributed by atoms with E-state index in [-0.39, 0.29) is 29.7 Å². The number of carbonyl (C=O) groups excluding carboxylic acids is 3. The lowest BCUT2D eigenvalue weighted by Crippen LogP contribution is -2.39. The van der Waals surface area contributed by atoms with E-state index in [1.54, 1.807) is 69.3 Å². The summed E-state index contributed by atoms with van der Waals surface area (Å²) in [5, 5.41) is 0.571. The van der Waals surface area contributed by atoms with E-state index in [0.717, 1.165) is 0 Å². The topological polar surface area (TPSA) is 60.4 Å². The largest absolute Gasteiger partial charge is 0.480 e. The van der Waals surface area contributed by atoms with Crippen molar-refractivity contribution in [3.63, 3.8) is 0 Å². The summed E-state index contributed by atoms with van der Waals surface area (Å²) < 4.78 is 5.81. The zero-order chi connectivity index (χ0) is 20.2. The maximum absolute atomic E-state index is 12.5. The molecule has 2 aromatic rings. The van der Waals surface area contributed by atoms with E-state index >= 15 is 0 Å². The second-order valence-electron chi connectivity index (χ2n) is 7.11. The highest BCUT2D eigenvalue weighted by Crippen LogP contribution is 2.23. The fourth-order valence-corrected chi connectivity index (χ4v) is 2.59. The minimum atomic E-state index is -1.06. The van der Waals surface area contributed by atoms with Crippen LogP contribution in [0.4, 0.5) is 0 Å². The molecule has 0 spiro atoms. The second kappa shape index (κ2) is 8.49. The molecule has 0 saturated heterocycles. The summed E-state index contributed by atoms with van der Waals surface area (Å²) >= 11 is 5.84. The third kappa shape index (κ3) is 5.51. The van der Waals surface area contributed by atoms with E-state index in [9.17, 15) is 14.4 Å². The average molecular weight is 387 g/mol. The molecular weight excluding hydrogens is 364 g/mol. The summed E-state index contributed by atoms with van der Waals surface area (Å²) in [6, 6.07) is 13.3. The molecule has 0 N–H and O–H groups in total. The summed E-state index contributed by atoms with van der Waals surface area (Å²) in [6.07, 6.45) is 0.134. The van der Waals surface area contributed by atoms with Crippen LogP contribution in [0.15, 0.2) is 48.5 Å². The summed E-state index contributed by atoms with van der Waals surface area (Å²) in [6.45, 7) is 6.56. The first kappa shape index (κ1) is 20.8. The monoisotopic (exact) mass is 386 g/mol. The number of halogens is 1. The molecule has 2 rings (SSSR count). The number of rotatable bonds is 8. The Kier molecular flexibility index (Phi) is 6.55. The van der Waals surface area contributed by atoms with Crippen LogP contribution in [0.3, 0.4) is 0 Å². The fourth-order valence-electron chi connectivity index (χ4n) is 2.46. The molecule has 5 heteroatoms. The molecule has 0 aliphatic rings. The highest BCUT2D eigenvalue weighted by molar-refractivity contribution is 6.30. The molecular formula is C22H23ClO4. The summed E-state index contributed by atoms with van der Waals surface area (Å²) in [5.41, 5.74) is -0.00777. The van der Waals surface area contributed by atoms with E-state index in [1.165, 1.54) is 6.92 Å². The Hall–Kier alpha value is -2.46. The molecule has 0 aliphatic heterocycles. The van der Waals surface area contributed by atoms with Crippen LogP contribution in [0.1, 0.15) is 50.0 Å². The quantitative estimate of drug-likeness (QED) is 0.604. The first-order valence-electron chi connectivity index (χ1n) is 8.73. The van der Waals surface area contributed by atoms with Crippen LogP contribution in [0.5, 0.6) is 5.75 Å². The van der Waals surface area contributed by atoms with Gasteiger partial charge < -0.3 is 4.74 Å². The van der Waals surface area contributed by atoms with Gasteiger partial charge in [-0.2, -0.15) is 0 Å². The van der Waals surface area contributed by atoms with Gasteiger partial charge in [0.05, 0.1) is 0 Å². The smallest absolute Gasteiger partial charge is 0.193 e. The van der Waals surface area contributed by atoms with Gasteiger partial charge in [0.2, 0.25) is 0 Å². The number of hydrogen-bond acceptors (Lipinski definition) is 4. The van der Waals surface area contributed by atoms with Crippen molar-refractivity contribution in [2.24, 2.45) is 5.92 Å². The number of ketones is 3. The molecule has 0 fully saturated rings. The zero-order valence-corrected chi connectivity index (χ0v) is 16.7. The SMILES string of the molecule is CC(=O)[C@H](C)CC(=O)C(C)(C)Oc1ccc(C(=O)c2ccc(Cl)cc2)cc1. The standard InChI is InChI=1S/C22H23ClO4/c1-14(15(2)24)13-20(25)22(3,4)27-19-11-7-17(8-12-19)21(26)16-5-9-18(23)10-6-16/h5-12,14H,13H2,1-4H3/t14-/m1/s1. The van der Waals surface area contributed by atoms with E-state index in [4.69, 9.17) is 16.3 Å². The molecule has 0 saturated carbocycles. The van der Waals surface area contributed by atoms with Gasteiger partial charge in [0.15, 0.2) is 17.2 Å². The molecule has 2 aromatic carbocycles. The lowest BCUT2D eigenvalue weighted by atomic mass is 9.92. The van der Waals surface area contributed by atoms with Crippen LogP contribution in [-0.4, -0.2) is 23.0 Å². The first-order valence-corrected chi connectivity index (χ1v) is 9.11. The zero-order valence-electron chi connectivity index (χ0n) is 15.9. The predicted molar refractivity (Wildman–Crippen MR) is 106 cm³/mol.